The lowest BCUT2D eigenvalue weighted by molar-refractivity contribution is 0.367. The molecule has 7 nitrogen and oxygen atoms in total. The molecule has 1 aliphatic heterocycles. The summed E-state index contributed by atoms with van der Waals surface area (Å²) in [5.41, 5.74) is 0. The highest BCUT2D eigenvalue weighted by Crippen LogP contribution is 2.28. The van der Waals surface area contributed by atoms with Crippen LogP contribution >= 0.6 is 0 Å². The molecule has 8 heteroatoms. The van der Waals surface area contributed by atoms with Crippen LogP contribution < -0.4 is 0 Å². The van der Waals surface area contributed by atoms with Gasteiger partial charge in [0.25, 0.3) is 0 Å². The first kappa shape index (κ1) is 16.1. The molecular weight excluding hydrogens is 314 g/mol. The molecule has 3 heterocycles. The van der Waals surface area contributed by atoms with E-state index in [1.807, 2.05) is 11.5 Å². The Morgan fingerprint density at radius 3 is 3.00 bits per heavy atom. The Labute approximate surface area is 136 Å². The number of aromatic nitrogens is 4. The van der Waals surface area contributed by atoms with Gasteiger partial charge in [-0.05, 0) is 38.3 Å². The van der Waals surface area contributed by atoms with E-state index in [-0.39, 0.29) is 10.9 Å². The number of aryl methyl sites for hydroxylation is 2. The van der Waals surface area contributed by atoms with Gasteiger partial charge in [0.15, 0.2) is 0 Å². The van der Waals surface area contributed by atoms with Crippen LogP contribution in [0.4, 0.5) is 0 Å². The summed E-state index contributed by atoms with van der Waals surface area (Å²) in [6.45, 7) is 3.44. The molecule has 2 aromatic heterocycles. The van der Waals surface area contributed by atoms with Crippen LogP contribution in [-0.4, -0.2) is 45.1 Å². The smallest absolute Gasteiger partial charge is 0.244 e. The van der Waals surface area contributed by atoms with Crippen molar-refractivity contribution >= 4 is 10.0 Å². The second-order valence-corrected chi connectivity index (χ2v) is 7.56. The summed E-state index contributed by atoms with van der Waals surface area (Å²) in [6, 6.07) is 3.27. The van der Waals surface area contributed by atoms with Crippen molar-refractivity contribution in [2.75, 3.05) is 6.54 Å². The van der Waals surface area contributed by atoms with Gasteiger partial charge in [-0.1, -0.05) is 0 Å². The van der Waals surface area contributed by atoms with Crippen molar-refractivity contribution in [1.29, 1.82) is 0 Å². The second kappa shape index (κ2) is 6.76. The van der Waals surface area contributed by atoms with Crippen molar-refractivity contribution in [2.45, 2.75) is 50.1 Å². The van der Waals surface area contributed by atoms with Gasteiger partial charge in [-0.15, -0.1) is 10.2 Å². The van der Waals surface area contributed by atoms with E-state index in [9.17, 15) is 8.42 Å². The summed E-state index contributed by atoms with van der Waals surface area (Å²) >= 11 is 0. The van der Waals surface area contributed by atoms with E-state index in [1.54, 1.807) is 29.0 Å². The third-order valence-corrected chi connectivity index (χ3v) is 6.24. The quantitative estimate of drug-likeness (QED) is 0.799. The van der Waals surface area contributed by atoms with Gasteiger partial charge in [0, 0.05) is 37.9 Å². The number of hydrogen-bond acceptors (Lipinski definition) is 5. The van der Waals surface area contributed by atoms with Crippen molar-refractivity contribution < 1.29 is 8.42 Å². The lowest BCUT2D eigenvalue weighted by Gasteiger charge is -2.23. The fourth-order valence-corrected chi connectivity index (χ4v) is 4.77. The van der Waals surface area contributed by atoms with E-state index in [0.717, 1.165) is 38.1 Å². The Kier molecular flexibility index (Phi) is 4.72. The second-order valence-electron chi connectivity index (χ2n) is 5.67. The van der Waals surface area contributed by atoms with Gasteiger partial charge in [-0.2, -0.15) is 4.31 Å². The van der Waals surface area contributed by atoms with Crippen LogP contribution in [0.5, 0.6) is 0 Å². The topological polar surface area (TPSA) is 81.0 Å². The summed E-state index contributed by atoms with van der Waals surface area (Å²) in [4.78, 5) is 4.20. The molecule has 0 aromatic carbocycles. The fourth-order valence-electron chi connectivity index (χ4n) is 3.08. The van der Waals surface area contributed by atoms with Crippen LogP contribution in [-0.2, 0) is 23.0 Å². The molecule has 0 spiro atoms. The zero-order chi connectivity index (χ0) is 16.3. The number of sulfonamides is 1. The monoisotopic (exact) mass is 335 g/mol. The molecule has 1 atom stereocenters. The van der Waals surface area contributed by atoms with Crippen molar-refractivity contribution in [1.82, 2.24) is 24.1 Å². The largest absolute Gasteiger partial charge is 0.318 e. The molecule has 0 N–H and O–H groups in total. The molecule has 0 radical (unpaired) electrons. The molecule has 0 amide bonds. The fraction of sp³-hybridized carbons (Fsp3) is 0.533. The van der Waals surface area contributed by atoms with Crippen molar-refractivity contribution in [2.24, 2.45) is 0 Å². The van der Waals surface area contributed by atoms with Crippen molar-refractivity contribution in [3.63, 3.8) is 0 Å². The van der Waals surface area contributed by atoms with E-state index in [4.69, 9.17) is 0 Å². The number of pyridine rings is 1. The molecular formula is C15H21N5O2S. The lowest BCUT2D eigenvalue weighted by atomic mass is 10.1. The molecule has 124 valence electrons. The molecule has 0 aliphatic carbocycles. The molecule has 1 fully saturated rings. The van der Waals surface area contributed by atoms with E-state index >= 15 is 0 Å². The van der Waals surface area contributed by atoms with Crippen LogP contribution in [0.25, 0.3) is 0 Å². The molecule has 2 aromatic rings. The number of hydrogen-bond donors (Lipinski definition) is 0. The van der Waals surface area contributed by atoms with E-state index in [0.29, 0.717) is 6.54 Å². The maximum Gasteiger partial charge on any atom is 0.244 e. The minimum Gasteiger partial charge on any atom is -0.318 e. The predicted molar refractivity (Wildman–Crippen MR) is 85.2 cm³/mol. The molecule has 3 rings (SSSR count). The number of rotatable bonds is 6. The van der Waals surface area contributed by atoms with E-state index in [1.165, 1.54) is 6.20 Å². The maximum atomic E-state index is 12.8. The van der Waals surface area contributed by atoms with E-state index in [2.05, 4.69) is 15.2 Å². The summed E-state index contributed by atoms with van der Waals surface area (Å²) in [5.74, 6) is 0.915. The number of nitrogens with zero attached hydrogens (tertiary/aromatic N) is 5. The standard InChI is InChI=1S/C15H21N5O2S/c1-2-19-12-17-18-15(19)8-7-13-5-4-10-20(13)23(21,22)14-6-3-9-16-11-14/h3,6,9,11-13H,2,4-5,7-8,10H2,1H3. The maximum absolute atomic E-state index is 12.8. The van der Waals surface area contributed by atoms with Gasteiger partial charge < -0.3 is 4.57 Å². The van der Waals surface area contributed by atoms with Crippen LogP contribution in [0.3, 0.4) is 0 Å². The zero-order valence-corrected chi connectivity index (χ0v) is 14.0. The summed E-state index contributed by atoms with van der Waals surface area (Å²) in [7, 11) is -3.47. The molecule has 1 saturated heterocycles. The van der Waals surface area contributed by atoms with Crippen molar-refractivity contribution in [3.05, 3.63) is 36.7 Å². The van der Waals surface area contributed by atoms with Gasteiger partial charge >= 0.3 is 0 Å². The Hall–Kier alpha value is -1.80. The normalized spacial score (nSPS) is 19.3. The van der Waals surface area contributed by atoms with Crippen molar-refractivity contribution in [3.8, 4) is 0 Å². The predicted octanol–water partition coefficient (Wildman–Crippen LogP) is 1.48. The third kappa shape index (κ3) is 3.28. The minimum atomic E-state index is -3.47. The highest BCUT2D eigenvalue weighted by atomic mass is 32.2. The lowest BCUT2D eigenvalue weighted by Crippen LogP contribution is -2.36. The van der Waals surface area contributed by atoms with Gasteiger partial charge in [0.05, 0.1) is 0 Å². The first-order valence-electron chi connectivity index (χ1n) is 7.91. The van der Waals surface area contributed by atoms with E-state index < -0.39 is 10.0 Å². The Morgan fingerprint density at radius 1 is 1.39 bits per heavy atom. The molecule has 0 saturated carbocycles. The van der Waals surface area contributed by atoms with Crippen LogP contribution in [0, 0.1) is 0 Å². The Balaban J connectivity index is 1.73. The SMILES string of the molecule is CCn1cnnc1CCC1CCCN1S(=O)(=O)c1cccnc1. The molecule has 0 bridgehead atoms. The summed E-state index contributed by atoms with van der Waals surface area (Å²) < 4.78 is 29.2. The summed E-state index contributed by atoms with van der Waals surface area (Å²) in [6.07, 6.45) is 7.99. The molecule has 23 heavy (non-hydrogen) atoms. The molecule has 1 aliphatic rings. The average molecular weight is 335 g/mol. The third-order valence-electron chi connectivity index (χ3n) is 4.30. The Bertz CT molecular complexity index is 744. The minimum absolute atomic E-state index is 0.0159. The first-order chi connectivity index (χ1) is 11.1. The van der Waals surface area contributed by atoms with Gasteiger partial charge in [-0.3, -0.25) is 4.98 Å². The molecule has 1 unspecified atom stereocenters. The van der Waals surface area contributed by atoms with Gasteiger partial charge in [0.1, 0.15) is 17.0 Å². The van der Waals surface area contributed by atoms with Gasteiger partial charge in [0.2, 0.25) is 10.0 Å². The Morgan fingerprint density at radius 2 is 2.26 bits per heavy atom. The van der Waals surface area contributed by atoms with Gasteiger partial charge in [-0.25, -0.2) is 8.42 Å². The average Bonchev–Trinajstić information content (AvgIpc) is 3.22. The van der Waals surface area contributed by atoms with Crippen LogP contribution in [0.2, 0.25) is 0 Å². The van der Waals surface area contributed by atoms with Crippen LogP contribution in [0.1, 0.15) is 32.0 Å². The zero-order valence-electron chi connectivity index (χ0n) is 13.2. The highest BCUT2D eigenvalue weighted by Gasteiger charge is 2.35. The summed E-state index contributed by atoms with van der Waals surface area (Å²) in [5, 5.41) is 8.05. The first-order valence-corrected chi connectivity index (χ1v) is 9.35. The highest BCUT2D eigenvalue weighted by molar-refractivity contribution is 7.89. The van der Waals surface area contributed by atoms with Crippen LogP contribution in [0.15, 0.2) is 35.7 Å².